The Morgan fingerprint density at radius 1 is 1.23 bits per heavy atom. The highest BCUT2D eigenvalue weighted by molar-refractivity contribution is 7.23. The van der Waals surface area contributed by atoms with E-state index in [1.165, 1.54) is 17.5 Å². The first-order chi connectivity index (χ1) is 15.2. The van der Waals surface area contributed by atoms with Gasteiger partial charge in [-0.3, -0.25) is 10.1 Å². The molecule has 1 aromatic carbocycles. The quantitative estimate of drug-likeness (QED) is 0.513. The van der Waals surface area contributed by atoms with Gasteiger partial charge in [-0.1, -0.05) is 11.3 Å². The third-order valence-electron chi connectivity index (χ3n) is 4.92. The fourth-order valence-electron chi connectivity index (χ4n) is 3.32. The van der Waals surface area contributed by atoms with Gasteiger partial charge in [0.05, 0.1) is 42.9 Å². The number of carbonyl (C=O) groups excluding carboxylic acids is 1. The van der Waals surface area contributed by atoms with E-state index in [2.05, 4.69) is 25.5 Å². The summed E-state index contributed by atoms with van der Waals surface area (Å²) in [6, 6.07) is 7.44. The molecule has 1 aliphatic rings. The lowest BCUT2D eigenvalue weighted by Crippen LogP contribution is -2.36. The molecule has 0 radical (unpaired) electrons. The molecule has 0 bridgehead atoms. The van der Waals surface area contributed by atoms with Crippen molar-refractivity contribution in [3.63, 3.8) is 0 Å². The van der Waals surface area contributed by atoms with E-state index in [4.69, 9.17) is 14.2 Å². The minimum atomic E-state index is -0.262. The molecule has 1 amide bonds. The molecule has 10 heteroatoms. The van der Waals surface area contributed by atoms with Crippen molar-refractivity contribution in [3.05, 3.63) is 36.0 Å². The second-order valence-electron chi connectivity index (χ2n) is 6.89. The Kier molecular flexibility index (Phi) is 6.80. The number of anilines is 3. The van der Waals surface area contributed by atoms with Gasteiger partial charge in [0.1, 0.15) is 17.1 Å². The van der Waals surface area contributed by atoms with E-state index in [0.29, 0.717) is 48.6 Å². The lowest BCUT2D eigenvalue weighted by molar-refractivity contribution is 0.102. The Balaban J connectivity index is 1.53. The maximum atomic E-state index is 12.7. The van der Waals surface area contributed by atoms with Crippen LogP contribution < -0.4 is 20.3 Å². The van der Waals surface area contributed by atoms with E-state index in [-0.39, 0.29) is 5.91 Å². The first-order valence-corrected chi connectivity index (χ1v) is 10.8. The number of hydrogen-bond acceptors (Lipinski definition) is 9. The van der Waals surface area contributed by atoms with Gasteiger partial charge in [-0.2, -0.15) is 0 Å². The lowest BCUT2D eigenvalue weighted by Gasteiger charge is -2.29. The third-order valence-corrected chi connectivity index (χ3v) is 5.91. The number of morpholine rings is 1. The zero-order valence-corrected chi connectivity index (χ0v) is 18.3. The molecule has 1 aliphatic heterocycles. The first-order valence-electron chi connectivity index (χ1n) is 10.00. The highest BCUT2D eigenvalue weighted by Crippen LogP contribution is 2.39. The van der Waals surface area contributed by atoms with Crippen LogP contribution in [0, 0.1) is 0 Å². The topological polar surface area (TPSA) is 97.8 Å². The number of benzene rings is 1. The number of rotatable bonds is 8. The summed E-state index contributed by atoms with van der Waals surface area (Å²) >= 11 is 1.43. The summed E-state index contributed by atoms with van der Waals surface area (Å²) in [5.41, 5.74) is 2.27. The number of aromatic nitrogens is 2. The van der Waals surface area contributed by atoms with Crippen molar-refractivity contribution < 1.29 is 19.0 Å². The molecule has 1 fully saturated rings. The van der Waals surface area contributed by atoms with E-state index in [0.717, 1.165) is 29.0 Å². The number of hydrogen-bond donors (Lipinski definition) is 2. The Morgan fingerprint density at radius 3 is 2.77 bits per heavy atom. The van der Waals surface area contributed by atoms with Crippen LogP contribution in [0.4, 0.5) is 16.6 Å². The largest absolute Gasteiger partial charge is 0.494 e. The van der Waals surface area contributed by atoms with Crippen molar-refractivity contribution in [3.8, 4) is 5.75 Å². The third kappa shape index (κ3) is 4.87. The summed E-state index contributed by atoms with van der Waals surface area (Å²) in [4.78, 5) is 23.9. The fourth-order valence-corrected chi connectivity index (χ4v) is 4.34. The number of pyridine rings is 1. The minimum absolute atomic E-state index is 0.262. The van der Waals surface area contributed by atoms with E-state index < -0.39 is 0 Å². The number of methoxy groups -OCH3 is 2. The Bertz CT molecular complexity index is 1030. The molecule has 0 saturated carbocycles. The zero-order chi connectivity index (χ0) is 21.6. The molecular formula is C21H25N5O4S. The van der Waals surface area contributed by atoms with E-state index in [9.17, 15) is 4.79 Å². The predicted octanol–water partition coefficient (Wildman–Crippen LogP) is 2.85. The molecule has 3 heterocycles. The molecule has 2 aromatic heterocycles. The molecular weight excluding hydrogens is 418 g/mol. The molecule has 1 saturated heterocycles. The Labute approximate surface area is 184 Å². The molecule has 3 aromatic rings. The number of nitrogens with one attached hydrogen (secondary N) is 2. The van der Waals surface area contributed by atoms with Gasteiger partial charge in [0.25, 0.3) is 5.91 Å². The lowest BCUT2D eigenvalue weighted by atomic mass is 10.2. The number of fused-ring (bicyclic) bond motifs is 1. The molecule has 31 heavy (non-hydrogen) atoms. The van der Waals surface area contributed by atoms with Crippen LogP contribution in [0.25, 0.3) is 10.2 Å². The van der Waals surface area contributed by atoms with Gasteiger partial charge in [0, 0.05) is 32.9 Å². The zero-order valence-electron chi connectivity index (χ0n) is 17.5. The van der Waals surface area contributed by atoms with Crippen molar-refractivity contribution in [2.24, 2.45) is 0 Å². The van der Waals surface area contributed by atoms with Crippen LogP contribution in [0.15, 0.2) is 30.5 Å². The van der Waals surface area contributed by atoms with Crippen LogP contribution >= 0.6 is 11.3 Å². The molecule has 0 atom stereocenters. The molecule has 9 nitrogen and oxygen atoms in total. The van der Waals surface area contributed by atoms with Gasteiger partial charge in [0.2, 0.25) is 0 Å². The monoisotopic (exact) mass is 443 g/mol. The van der Waals surface area contributed by atoms with Crippen LogP contribution in [0.2, 0.25) is 0 Å². The number of carbonyl (C=O) groups is 1. The van der Waals surface area contributed by atoms with Crippen molar-refractivity contribution in [1.29, 1.82) is 0 Å². The number of nitrogens with zero attached hydrogens (tertiary/aromatic N) is 3. The molecule has 0 unspecified atom stereocenters. The van der Waals surface area contributed by atoms with Crippen LogP contribution in [0.3, 0.4) is 0 Å². The van der Waals surface area contributed by atoms with Crippen LogP contribution in [-0.4, -0.2) is 69.5 Å². The minimum Gasteiger partial charge on any atom is -0.494 e. The molecule has 0 aliphatic carbocycles. The molecule has 164 valence electrons. The average Bonchev–Trinajstić information content (AvgIpc) is 3.23. The van der Waals surface area contributed by atoms with Gasteiger partial charge in [-0.05, 0) is 24.3 Å². The summed E-state index contributed by atoms with van der Waals surface area (Å²) in [7, 11) is 3.26. The van der Waals surface area contributed by atoms with Gasteiger partial charge in [-0.15, -0.1) is 0 Å². The van der Waals surface area contributed by atoms with Crippen LogP contribution in [0.1, 0.15) is 10.4 Å². The molecule has 4 rings (SSSR count). The Hall–Kier alpha value is -2.95. The SMILES string of the molecule is COCCNc1ccc(C(=O)Nc2nc3c(OC)ccc(N4CCOCC4)c3s2)cn1. The first kappa shape index (κ1) is 21.3. The smallest absolute Gasteiger partial charge is 0.259 e. The van der Waals surface area contributed by atoms with Gasteiger partial charge in [0.15, 0.2) is 5.13 Å². The summed E-state index contributed by atoms with van der Waals surface area (Å²) < 4.78 is 16.9. The van der Waals surface area contributed by atoms with Crippen LogP contribution in [0.5, 0.6) is 5.75 Å². The molecule has 2 N–H and O–H groups in total. The van der Waals surface area contributed by atoms with Gasteiger partial charge in [-0.25, -0.2) is 9.97 Å². The van der Waals surface area contributed by atoms with Crippen molar-refractivity contribution >= 4 is 44.1 Å². The second-order valence-corrected chi connectivity index (χ2v) is 7.89. The Morgan fingerprint density at radius 2 is 2.06 bits per heavy atom. The van der Waals surface area contributed by atoms with E-state index in [1.54, 1.807) is 26.4 Å². The standard InChI is InChI=1S/C21H25N5O4S/c1-28-10-7-22-17-6-3-14(13-23-17)20(27)25-21-24-18-16(29-2)5-4-15(19(18)31-21)26-8-11-30-12-9-26/h3-6,13H,7-12H2,1-2H3,(H,22,23)(H,24,25,27). The van der Waals surface area contributed by atoms with Crippen molar-refractivity contribution in [2.45, 2.75) is 0 Å². The van der Waals surface area contributed by atoms with Crippen molar-refractivity contribution in [2.75, 3.05) is 69.2 Å². The van der Waals surface area contributed by atoms with E-state index >= 15 is 0 Å². The van der Waals surface area contributed by atoms with Crippen molar-refractivity contribution in [1.82, 2.24) is 9.97 Å². The second kappa shape index (κ2) is 9.90. The van der Waals surface area contributed by atoms with E-state index in [1.807, 2.05) is 12.1 Å². The number of amides is 1. The maximum absolute atomic E-state index is 12.7. The predicted molar refractivity (Wildman–Crippen MR) is 122 cm³/mol. The number of thiazole rings is 1. The van der Waals surface area contributed by atoms with Gasteiger partial charge >= 0.3 is 0 Å². The number of ether oxygens (including phenoxy) is 3. The summed E-state index contributed by atoms with van der Waals surface area (Å²) in [6.07, 6.45) is 1.54. The molecule has 0 spiro atoms. The normalized spacial score (nSPS) is 13.9. The summed E-state index contributed by atoms with van der Waals surface area (Å²) in [6.45, 7) is 4.25. The highest BCUT2D eigenvalue weighted by Gasteiger charge is 2.20. The summed E-state index contributed by atoms with van der Waals surface area (Å²) in [5.74, 6) is 1.10. The van der Waals surface area contributed by atoms with Gasteiger partial charge < -0.3 is 24.4 Å². The summed E-state index contributed by atoms with van der Waals surface area (Å²) in [5, 5.41) is 6.53. The average molecular weight is 444 g/mol. The highest BCUT2D eigenvalue weighted by atomic mass is 32.1. The fraction of sp³-hybridized carbons (Fsp3) is 0.381. The van der Waals surface area contributed by atoms with Crippen LogP contribution in [-0.2, 0) is 9.47 Å². The maximum Gasteiger partial charge on any atom is 0.259 e.